The van der Waals surface area contributed by atoms with Crippen LogP contribution in [0.1, 0.15) is 39.5 Å². The molecule has 4 nitrogen and oxygen atoms in total. The van der Waals surface area contributed by atoms with Crippen LogP contribution in [0, 0.1) is 17.8 Å². The Kier molecular flexibility index (Phi) is 2.55. The second-order valence-corrected chi connectivity index (χ2v) is 6.01. The molecule has 2 rings (SSSR count). The number of carbonyl (C=O) groups is 1. The van der Waals surface area contributed by atoms with Crippen LogP contribution >= 0.6 is 0 Å². The molecule has 0 heterocycles. The molecule has 0 amide bonds. The summed E-state index contributed by atoms with van der Waals surface area (Å²) in [6.45, 7) is 3.91. The summed E-state index contributed by atoms with van der Waals surface area (Å²) in [5.74, 6) is -0.816. The fourth-order valence-electron chi connectivity index (χ4n) is 3.90. The highest BCUT2D eigenvalue weighted by Crippen LogP contribution is 2.51. The number of nitrogens with two attached hydrogens (primary N) is 1. The van der Waals surface area contributed by atoms with Gasteiger partial charge in [0.25, 0.3) is 0 Å². The van der Waals surface area contributed by atoms with Gasteiger partial charge in [-0.15, -0.1) is 0 Å². The summed E-state index contributed by atoms with van der Waals surface area (Å²) < 4.78 is 0. The molecule has 16 heavy (non-hydrogen) atoms. The zero-order valence-corrected chi connectivity index (χ0v) is 9.94. The van der Waals surface area contributed by atoms with Crippen LogP contribution < -0.4 is 5.73 Å². The number of aliphatic carboxylic acids is 1. The fourth-order valence-corrected chi connectivity index (χ4v) is 3.90. The van der Waals surface area contributed by atoms with Gasteiger partial charge in [0.05, 0.1) is 5.60 Å². The molecule has 0 saturated heterocycles. The Balaban J connectivity index is 2.34. The molecule has 2 bridgehead atoms. The van der Waals surface area contributed by atoms with E-state index in [0.29, 0.717) is 18.8 Å². The standard InChI is InChI=1S/C12H21NO3/c1-7-3-9-6-11(16,4-7)5-8(2)12(9,13)10(14)15/h7-9,16H,3-6,13H2,1-2H3,(H,14,15). The summed E-state index contributed by atoms with van der Waals surface area (Å²) in [5.41, 5.74) is 4.27. The van der Waals surface area contributed by atoms with Gasteiger partial charge in [-0.2, -0.15) is 0 Å². The molecular weight excluding hydrogens is 206 g/mol. The number of carboxylic acids is 1. The first-order valence-corrected chi connectivity index (χ1v) is 6.02. The van der Waals surface area contributed by atoms with E-state index < -0.39 is 17.1 Å². The van der Waals surface area contributed by atoms with E-state index in [1.807, 2.05) is 6.92 Å². The summed E-state index contributed by atoms with van der Waals surface area (Å²) in [7, 11) is 0. The lowest BCUT2D eigenvalue weighted by Crippen LogP contribution is -2.66. The Labute approximate surface area is 95.8 Å². The molecule has 5 atom stereocenters. The van der Waals surface area contributed by atoms with Gasteiger partial charge in [0, 0.05) is 0 Å². The second-order valence-electron chi connectivity index (χ2n) is 6.01. The number of aliphatic hydroxyl groups is 1. The molecule has 0 spiro atoms. The Hall–Kier alpha value is -0.610. The number of hydrogen-bond acceptors (Lipinski definition) is 3. The molecule has 0 aliphatic heterocycles. The lowest BCUT2D eigenvalue weighted by molar-refractivity contribution is -0.163. The molecule has 2 fully saturated rings. The molecule has 4 N–H and O–H groups in total. The lowest BCUT2D eigenvalue weighted by atomic mass is 9.55. The van der Waals surface area contributed by atoms with Crippen molar-refractivity contribution in [3.63, 3.8) is 0 Å². The molecule has 4 heteroatoms. The van der Waals surface area contributed by atoms with E-state index in [9.17, 15) is 15.0 Å². The van der Waals surface area contributed by atoms with Gasteiger partial charge in [-0.25, -0.2) is 0 Å². The van der Waals surface area contributed by atoms with Crippen LogP contribution in [-0.4, -0.2) is 27.3 Å². The van der Waals surface area contributed by atoms with Crippen molar-refractivity contribution in [3.05, 3.63) is 0 Å². The highest BCUT2D eigenvalue weighted by atomic mass is 16.4. The molecular formula is C12H21NO3. The average molecular weight is 227 g/mol. The van der Waals surface area contributed by atoms with E-state index in [2.05, 4.69) is 6.92 Å². The van der Waals surface area contributed by atoms with Crippen molar-refractivity contribution < 1.29 is 15.0 Å². The number of fused-ring (bicyclic) bond motifs is 2. The smallest absolute Gasteiger partial charge is 0.324 e. The van der Waals surface area contributed by atoms with Crippen LogP contribution in [0.4, 0.5) is 0 Å². The van der Waals surface area contributed by atoms with E-state index in [0.717, 1.165) is 12.8 Å². The first kappa shape index (κ1) is 11.9. The first-order chi connectivity index (χ1) is 7.28. The van der Waals surface area contributed by atoms with E-state index >= 15 is 0 Å². The van der Waals surface area contributed by atoms with Crippen LogP contribution in [0.3, 0.4) is 0 Å². The Morgan fingerprint density at radius 3 is 2.50 bits per heavy atom. The largest absolute Gasteiger partial charge is 0.480 e. The predicted octanol–water partition coefficient (Wildman–Crippen LogP) is 0.976. The van der Waals surface area contributed by atoms with Crippen molar-refractivity contribution in [2.75, 3.05) is 0 Å². The Bertz CT molecular complexity index is 315. The minimum atomic E-state index is -1.15. The normalized spacial score (nSPS) is 52.4. The summed E-state index contributed by atoms with van der Waals surface area (Å²) in [4.78, 5) is 11.4. The molecule has 2 saturated carbocycles. The highest BCUT2D eigenvalue weighted by molar-refractivity contribution is 5.79. The summed E-state index contributed by atoms with van der Waals surface area (Å²) >= 11 is 0. The van der Waals surface area contributed by atoms with Gasteiger partial charge in [-0.3, -0.25) is 4.79 Å². The van der Waals surface area contributed by atoms with E-state index in [4.69, 9.17) is 5.73 Å². The predicted molar refractivity (Wildman–Crippen MR) is 59.8 cm³/mol. The average Bonchev–Trinajstić information content (AvgIpc) is 2.11. The minimum absolute atomic E-state index is 0.0949. The van der Waals surface area contributed by atoms with Gasteiger partial charge >= 0.3 is 5.97 Å². The third-order valence-corrected chi connectivity index (χ3v) is 4.59. The van der Waals surface area contributed by atoms with Crippen molar-refractivity contribution >= 4 is 5.97 Å². The molecule has 0 aromatic rings. The fraction of sp³-hybridized carbons (Fsp3) is 0.917. The van der Waals surface area contributed by atoms with E-state index in [1.54, 1.807) is 0 Å². The molecule has 5 unspecified atom stereocenters. The monoisotopic (exact) mass is 227 g/mol. The number of hydrogen-bond donors (Lipinski definition) is 3. The lowest BCUT2D eigenvalue weighted by Gasteiger charge is -2.54. The molecule has 0 aromatic heterocycles. The van der Waals surface area contributed by atoms with Crippen LogP contribution in [0.25, 0.3) is 0 Å². The minimum Gasteiger partial charge on any atom is -0.480 e. The van der Waals surface area contributed by atoms with Crippen molar-refractivity contribution in [2.45, 2.75) is 50.7 Å². The van der Waals surface area contributed by atoms with Gasteiger partial charge in [0.2, 0.25) is 0 Å². The van der Waals surface area contributed by atoms with Crippen LogP contribution in [0.15, 0.2) is 0 Å². The summed E-state index contributed by atoms with van der Waals surface area (Å²) in [6, 6.07) is 0. The van der Waals surface area contributed by atoms with E-state index in [-0.39, 0.29) is 11.8 Å². The molecule has 0 aromatic carbocycles. The van der Waals surface area contributed by atoms with Crippen LogP contribution in [0.5, 0.6) is 0 Å². The van der Waals surface area contributed by atoms with Gasteiger partial charge in [0.15, 0.2) is 0 Å². The highest BCUT2D eigenvalue weighted by Gasteiger charge is 2.57. The zero-order chi connectivity index (χ0) is 12.1. The third kappa shape index (κ3) is 1.55. The number of rotatable bonds is 1. The maximum absolute atomic E-state index is 11.4. The first-order valence-electron chi connectivity index (χ1n) is 6.02. The second kappa shape index (κ2) is 3.44. The van der Waals surface area contributed by atoms with E-state index in [1.165, 1.54) is 0 Å². The SMILES string of the molecule is CC1CC2CC(O)(C1)CC(C)C2(N)C(=O)O. The van der Waals surface area contributed by atoms with Gasteiger partial charge < -0.3 is 15.9 Å². The van der Waals surface area contributed by atoms with Gasteiger partial charge in [-0.05, 0) is 43.4 Å². The van der Waals surface area contributed by atoms with Crippen LogP contribution in [0.2, 0.25) is 0 Å². The van der Waals surface area contributed by atoms with Crippen molar-refractivity contribution in [1.29, 1.82) is 0 Å². The maximum atomic E-state index is 11.4. The quantitative estimate of drug-likeness (QED) is 0.623. The molecule has 0 radical (unpaired) electrons. The third-order valence-electron chi connectivity index (χ3n) is 4.59. The topological polar surface area (TPSA) is 83.5 Å². The van der Waals surface area contributed by atoms with Gasteiger partial charge in [0.1, 0.15) is 5.54 Å². The summed E-state index contributed by atoms with van der Waals surface area (Å²) in [5, 5.41) is 19.8. The zero-order valence-electron chi connectivity index (χ0n) is 9.94. The Morgan fingerprint density at radius 2 is 1.94 bits per heavy atom. The van der Waals surface area contributed by atoms with Gasteiger partial charge in [-0.1, -0.05) is 13.8 Å². The van der Waals surface area contributed by atoms with Crippen molar-refractivity contribution in [1.82, 2.24) is 0 Å². The van der Waals surface area contributed by atoms with Crippen LogP contribution in [-0.2, 0) is 4.79 Å². The molecule has 2 aliphatic rings. The molecule has 2 aliphatic carbocycles. The number of carboxylic acid groups (broad SMARTS) is 1. The Morgan fingerprint density at radius 1 is 1.31 bits per heavy atom. The summed E-state index contributed by atoms with van der Waals surface area (Å²) in [6.07, 6.45) is 2.65. The molecule has 92 valence electrons. The maximum Gasteiger partial charge on any atom is 0.324 e. The van der Waals surface area contributed by atoms with Crippen molar-refractivity contribution in [2.24, 2.45) is 23.5 Å². The van der Waals surface area contributed by atoms with Crippen molar-refractivity contribution in [3.8, 4) is 0 Å².